The van der Waals surface area contributed by atoms with Crippen LogP contribution < -0.4 is 15.4 Å². The zero-order valence-electron chi connectivity index (χ0n) is 24.9. The second-order valence-electron chi connectivity index (χ2n) is 12.6. The Morgan fingerprint density at radius 1 is 1.14 bits per heavy atom. The van der Waals surface area contributed by atoms with E-state index in [-0.39, 0.29) is 6.42 Å². The summed E-state index contributed by atoms with van der Waals surface area (Å²) in [6.45, 7) is 5.72. The number of carbonyl (C=O) groups is 4. The summed E-state index contributed by atoms with van der Waals surface area (Å²) in [5.41, 5.74) is -1.61. The van der Waals surface area contributed by atoms with Crippen LogP contribution in [0.5, 0.6) is 0 Å². The summed E-state index contributed by atoms with van der Waals surface area (Å²) in [6, 6.07) is 5.46. The molecule has 1 aromatic carbocycles. The summed E-state index contributed by atoms with van der Waals surface area (Å²) < 4.78 is 33.6. The monoisotopic (exact) mass is 636 g/mol. The Morgan fingerprint density at radius 2 is 1.91 bits per heavy atom. The van der Waals surface area contributed by atoms with Crippen LogP contribution in [0.2, 0.25) is 5.02 Å². The second-order valence-corrected chi connectivity index (χ2v) is 14.8. The van der Waals surface area contributed by atoms with Crippen molar-refractivity contribution in [2.45, 2.75) is 101 Å². The molecule has 2 heterocycles. The number of benzene rings is 1. The third-order valence-electron chi connectivity index (χ3n) is 7.81. The van der Waals surface area contributed by atoms with E-state index in [1.165, 1.54) is 11.0 Å². The maximum atomic E-state index is 13.7. The lowest BCUT2D eigenvalue weighted by Crippen LogP contribution is -2.57. The Balaban J connectivity index is 1.53. The molecule has 0 bridgehead atoms. The van der Waals surface area contributed by atoms with Crippen LogP contribution in [0.3, 0.4) is 0 Å². The highest BCUT2D eigenvalue weighted by Crippen LogP contribution is 2.45. The number of carbonyl (C=O) groups excluding carboxylic acids is 4. The molecule has 4 atom stereocenters. The molecule has 2 fully saturated rings. The molecule has 1 saturated heterocycles. The molecule has 0 aromatic heterocycles. The van der Waals surface area contributed by atoms with Crippen LogP contribution in [-0.2, 0) is 34.9 Å². The number of rotatable bonds is 5. The Morgan fingerprint density at radius 3 is 2.63 bits per heavy atom. The molecule has 13 heteroatoms. The fourth-order valence-corrected chi connectivity index (χ4v) is 6.98. The molecule has 2 aliphatic heterocycles. The van der Waals surface area contributed by atoms with Gasteiger partial charge in [-0.25, -0.2) is 13.2 Å². The third kappa shape index (κ3) is 8.72. The van der Waals surface area contributed by atoms with Gasteiger partial charge in [-0.1, -0.05) is 42.3 Å². The third-order valence-corrected chi connectivity index (χ3v) is 9.25. The fourth-order valence-electron chi connectivity index (χ4n) is 5.61. The Hall–Kier alpha value is -3.12. The number of alkyl carbamates (subject to hydrolysis) is 1. The summed E-state index contributed by atoms with van der Waals surface area (Å²) >= 11 is 5.99. The van der Waals surface area contributed by atoms with Crippen molar-refractivity contribution in [1.82, 2.24) is 20.3 Å². The molecule has 11 nitrogen and oxygen atoms in total. The SMILES string of the molecule is CC(C)(C)NC(=O)O[C@H]1CCCCCC=C[C@@H]2C[C@@]2(C(=O)NS(=O)(=O)Cc2cccc(Cl)c2)NC(=O)[C@@H]2CCCN2C1=O. The second kappa shape index (κ2) is 13.3. The highest BCUT2D eigenvalue weighted by Gasteiger charge is 2.61. The Bertz CT molecular complexity index is 1380. The van der Waals surface area contributed by atoms with Gasteiger partial charge in [0.1, 0.15) is 11.6 Å². The number of ether oxygens (including phenoxy) is 1. The molecule has 4 amide bonds. The predicted molar refractivity (Wildman–Crippen MR) is 161 cm³/mol. The van der Waals surface area contributed by atoms with Crippen LogP contribution in [0.25, 0.3) is 0 Å². The standard InChI is InChI=1S/C30H41ClN4O7S/c1-29(2,3)33-28(39)42-24-15-8-6-4-5-7-12-21-18-30(21,32-25(36)23-14-10-16-35(23)26(24)37)27(38)34-43(40,41)19-20-11-9-13-22(31)17-20/h7,9,11-13,17,21,23-24H,4-6,8,10,14-16,18-19H2,1-3H3,(H,32,36)(H,33,39)(H,34,38)/t21-,23+,24+,30-/m1/s1. The summed E-state index contributed by atoms with van der Waals surface area (Å²) in [5.74, 6) is -2.68. The topological polar surface area (TPSA) is 151 Å². The fraction of sp³-hybridized carbons (Fsp3) is 0.600. The first-order chi connectivity index (χ1) is 20.2. The van der Waals surface area contributed by atoms with E-state index >= 15 is 0 Å². The molecular weight excluding hydrogens is 596 g/mol. The number of fused-ring (bicyclic) bond motifs is 2. The van der Waals surface area contributed by atoms with Gasteiger partial charge in [0, 0.05) is 23.0 Å². The molecule has 1 aliphatic carbocycles. The van der Waals surface area contributed by atoms with Gasteiger partial charge in [0.2, 0.25) is 15.9 Å². The quantitative estimate of drug-likeness (QED) is 0.418. The van der Waals surface area contributed by atoms with Crippen LogP contribution in [-0.4, -0.2) is 66.9 Å². The van der Waals surface area contributed by atoms with Gasteiger partial charge in [0.15, 0.2) is 6.10 Å². The first-order valence-electron chi connectivity index (χ1n) is 14.8. The van der Waals surface area contributed by atoms with E-state index < -0.39 is 68.7 Å². The lowest BCUT2D eigenvalue weighted by molar-refractivity contribution is -0.146. The Kier molecular flexibility index (Phi) is 10.1. The zero-order chi connectivity index (χ0) is 31.4. The van der Waals surface area contributed by atoms with E-state index in [1.807, 2.05) is 12.2 Å². The molecule has 1 aromatic rings. The van der Waals surface area contributed by atoms with Crippen molar-refractivity contribution >= 4 is 45.4 Å². The number of sulfonamides is 1. The van der Waals surface area contributed by atoms with Crippen molar-refractivity contribution < 1.29 is 32.3 Å². The Labute approximate surface area is 258 Å². The molecule has 3 N–H and O–H groups in total. The molecule has 0 spiro atoms. The molecule has 236 valence electrons. The van der Waals surface area contributed by atoms with Gasteiger partial charge in [-0.15, -0.1) is 0 Å². The average Bonchev–Trinajstić information content (AvgIpc) is 3.35. The molecule has 0 radical (unpaired) electrons. The van der Waals surface area contributed by atoms with Gasteiger partial charge in [0.05, 0.1) is 5.75 Å². The van der Waals surface area contributed by atoms with Gasteiger partial charge >= 0.3 is 6.09 Å². The largest absolute Gasteiger partial charge is 0.436 e. The van der Waals surface area contributed by atoms with Crippen LogP contribution in [0.1, 0.15) is 77.7 Å². The minimum Gasteiger partial charge on any atom is -0.436 e. The van der Waals surface area contributed by atoms with Gasteiger partial charge in [0.25, 0.3) is 11.8 Å². The molecular formula is C30H41ClN4O7S. The number of nitrogens with zero attached hydrogens (tertiary/aromatic N) is 1. The lowest BCUT2D eigenvalue weighted by Gasteiger charge is -2.30. The highest BCUT2D eigenvalue weighted by molar-refractivity contribution is 7.89. The maximum Gasteiger partial charge on any atom is 0.408 e. The maximum absolute atomic E-state index is 13.7. The number of allylic oxidation sites excluding steroid dienone is 1. The van der Waals surface area contributed by atoms with Crippen LogP contribution in [0, 0.1) is 5.92 Å². The normalized spacial score (nSPS) is 26.7. The summed E-state index contributed by atoms with van der Waals surface area (Å²) in [6.07, 6.45) is 6.45. The average molecular weight is 637 g/mol. The van der Waals surface area contributed by atoms with E-state index in [4.69, 9.17) is 16.3 Å². The van der Waals surface area contributed by atoms with Gasteiger partial charge in [-0.3, -0.25) is 19.1 Å². The van der Waals surface area contributed by atoms with Crippen LogP contribution in [0.4, 0.5) is 4.79 Å². The van der Waals surface area contributed by atoms with Crippen molar-refractivity contribution in [2.24, 2.45) is 5.92 Å². The first kappa shape index (κ1) is 32.8. The summed E-state index contributed by atoms with van der Waals surface area (Å²) in [7, 11) is -4.11. The van der Waals surface area contributed by atoms with Crippen molar-refractivity contribution in [3.63, 3.8) is 0 Å². The number of halogens is 1. The van der Waals surface area contributed by atoms with Crippen molar-refractivity contribution in [3.8, 4) is 0 Å². The predicted octanol–water partition coefficient (Wildman–Crippen LogP) is 3.57. The van der Waals surface area contributed by atoms with Crippen molar-refractivity contribution in [1.29, 1.82) is 0 Å². The van der Waals surface area contributed by atoms with Gasteiger partial charge in [-0.05, 0) is 83.4 Å². The minimum atomic E-state index is -4.11. The molecule has 43 heavy (non-hydrogen) atoms. The highest BCUT2D eigenvalue weighted by atomic mass is 35.5. The van der Waals surface area contributed by atoms with Crippen LogP contribution in [0.15, 0.2) is 36.4 Å². The number of hydrogen-bond acceptors (Lipinski definition) is 7. The van der Waals surface area contributed by atoms with E-state index in [9.17, 15) is 27.6 Å². The number of hydrogen-bond donors (Lipinski definition) is 3. The lowest BCUT2D eigenvalue weighted by atomic mass is 10.1. The van der Waals surface area contributed by atoms with E-state index in [0.29, 0.717) is 49.2 Å². The van der Waals surface area contributed by atoms with Crippen LogP contribution >= 0.6 is 11.6 Å². The molecule has 3 aliphatic rings. The van der Waals surface area contributed by atoms with E-state index in [0.717, 1.165) is 12.8 Å². The first-order valence-corrected chi connectivity index (χ1v) is 16.8. The van der Waals surface area contributed by atoms with E-state index in [1.54, 1.807) is 39.0 Å². The summed E-state index contributed by atoms with van der Waals surface area (Å²) in [5, 5.41) is 5.89. The van der Waals surface area contributed by atoms with Gasteiger partial charge in [-0.2, -0.15) is 0 Å². The van der Waals surface area contributed by atoms with E-state index in [2.05, 4.69) is 15.4 Å². The summed E-state index contributed by atoms with van der Waals surface area (Å²) in [4.78, 5) is 54.8. The minimum absolute atomic E-state index is 0.229. The molecule has 0 unspecified atom stereocenters. The smallest absolute Gasteiger partial charge is 0.408 e. The number of amides is 4. The molecule has 4 rings (SSSR count). The zero-order valence-corrected chi connectivity index (χ0v) is 26.4. The van der Waals surface area contributed by atoms with Crippen molar-refractivity contribution in [2.75, 3.05) is 6.54 Å². The van der Waals surface area contributed by atoms with Crippen molar-refractivity contribution in [3.05, 3.63) is 47.0 Å². The molecule has 1 saturated carbocycles. The van der Waals surface area contributed by atoms with Gasteiger partial charge < -0.3 is 20.3 Å². The number of nitrogens with one attached hydrogen (secondary N) is 3.